The molecule has 9 nitrogen and oxygen atoms in total. The molecule has 3 aromatic heterocycles. The van der Waals surface area contributed by atoms with Crippen LogP contribution in [0.1, 0.15) is 25.0 Å². The van der Waals surface area contributed by atoms with Crippen LogP contribution >= 0.6 is 0 Å². The topological polar surface area (TPSA) is 98.3 Å². The van der Waals surface area contributed by atoms with Crippen molar-refractivity contribution in [2.24, 2.45) is 5.92 Å². The van der Waals surface area contributed by atoms with E-state index >= 15 is 0 Å². The number of hydrogen-bond acceptors (Lipinski definition) is 7. The van der Waals surface area contributed by atoms with E-state index < -0.39 is 0 Å². The number of hydrogen-bond donors (Lipinski definition) is 1. The van der Waals surface area contributed by atoms with Gasteiger partial charge in [0.25, 0.3) is 6.01 Å². The zero-order valence-corrected chi connectivity index (χ0v) is 16.6. The third kappa shape index (κ3) is 4.73. The zero-order chi connectivity index (χ0) is 20.1. The van der Waals surface area contributed by atoms with Crippen molar-refractivity contribution in [3.63, 3.8) is 0 Å². The van der Waals surface area contributed by atoms with E-state index in [1.54, 1.807) is 25.8 Å². The SMILES string of the molecule is COCCn1cncc1CNC(=O)CC1CCCN(c2nc3ncccc3o2)C1. The Kier molecular flexibility index (Phi) is 6.04. The maximum atomic E-state index is 12.5. The number of imidazole rings is 1. The zero-order valence-electron chi connectivity index (χ0n) is 16.6. The van der Waals surface area contributed by atoms with Crippen LogP contribution in [0.3, 0.4) is 0 Å². The minimum atomic E-state index is 0.0515. The summed E-state index contributed by atoms with van der Waals surface area (Å²) in [6.45, 7) is 3.44. The Morgan fingerprint density at radius 1 is 1.45 bits per heavy atom. The van der Waals surface area contributed by atoms with E-state index in [4.69, 9.17) is 9.15 Å². The van der Waals surface area contributed by atoms with Crippen molar-refractivity contribution in [1.29, 1.82) is 0 Å². The van der Waals surface area contributed by atoms with Gasteiger partial charge in [-0.15, -0.1) is 0 Å². The minimum absolute atomic E-state index is 0.0515. The molecule has 1 saturated heterocycles. The van der Waals surface area contributed by atoms with E-state index in [2.05, 4.69) is 25.2 Å². The molecular weight excluding hydrogens is 372 g/mol. The number of nitrogens with zero attached hydrogens (tertiary/aromatic N) is 5. The second kappa shape index (κ2) is 9.04. The monoisotopic (exact) mass is 398 g/mol. The van der Waals surface area contributed by atoms with E-state index in [9.17, 15) is 4.79 Å². The normalized spacial score (nSPS) is 17.0. The van der Waals surface area contributed by atoms with Crippen LogP contribution in [-0.2, 0) is 22.6 Å². The van der Waals surface area contributed by atoms with Crippen LogP contribution in [-0.4, -0.2) is 52.2 Å². The van der Waals surface area contributed by atoms with Crippen LogP contribution in [0.5, 0.6) is 0 Å². The fourth-order valence-electron chi connectivity index (χ4n) is 3.71. The fourth-order valence-corrected chi connectivity index (χ4v) is 3.71. The maximum absolute atomic E-state index is 12.5. The first-order valence-corrected chi connectivity index (χ1v) is 9.94. The summed E-state index contributed by atoms with van der Waals surface area (Å²) in [5.74, 6) is 0.320. The summed E-state index contributed by atoms with van der Waals surface area (Å²) in [4.78, 5) is 27.5. The number of piperidine rings is 1. The van der Waals surface area contributed by atoms with Gasteiger partial charge in [0.05, 0.1) is 25.2 Å². The molecule has 1 aliphatic rings. The molecular formula is C20H26N6O3. The number of ether oxygens (including phenoxy) is 1. The molecule has 1 N–H and O–H groups in total. The number of carbonyl (C=O) groups is 1. The van der Waals surface area contributed by atoms with Crippen molar-refractivity contribution in [1.82, 2.24) is 24.8 Å². The maximum Gasteiger partial charge on any atom is 0.299 e. The molecule has 0 bridgehead atoms. The lowest BCUT2D eigenvalue weighted by Gasteiger charge is -2.31. The molecule has 1 aliphatic heterocycles. The lowest BCUT2D eigenvalue weighted by atomic mass is 9.94. The number of amides is 1. The first-order valence-electron chi connectivity index (χ1n) is 9.94. The van der Waals surface area contributed by atoms with Gasteiger partial charge in [0, 0.05) is 45.6 Å². The van der Waals surface area contributed by atoms with Crippen molar-refractivity contribution in [2.45, 2.75) is 32.4 Å². The summed E-state index contributed by atoms with van der Waals surface area (Å²) in [5.41, 5.74) is 2.28. The Balaban J connectivity index is 1.30. The van der Waals surface area contributed by atoms with Gasteiger partial charge < -0.3 is 23.9 Å². The first kappa shape index (κ1) is 19.4. The third-order valence-electron chi connectivity index (χ3n) is 5.22. The van der Waals surface area contributed by atoms with E-state index in [1.165, 1.54) is 0 Å². The van der Waals surface area contributed by atoms with Gasteiger partial charge >= 0.3 is 0 Å². The molecule has 1 atom stereocenters. The molecule has 1 unspecified atom stereocenters. The van der Waals surface area contributed by atoms with Crippen LogP contribution in [0.2, 0.25) is 0 Å². The largest absolute Gasteiger partial charge is 0.422 e. The first-order chi connectivity index (χ1) is 14.2. The molecule has 0 saturated carbocycles. The molecule has 1 fully saturated rings. The predicted octanol–water partition coefficient (Wildman–Crippen LogP) is 1.99. The molecule has 0 spiro atoms. The van der Waals surface area contributed by atoms with Gasteiger partial charge in [-0.05, 0) is 30.9 Å². The Morgan fingerprint density at radius 3 is 3.24 bits per heavy atom. The minimum Gasteiger partial charge on any atom is -0.422 e. The molecule has 29 heavy (non-hydrogen) atoms. The van der Waals surface area contributed by atoms with E-state index in [1.807, 2.05) is 16.7 Å². The van der Waals surface area contributed by atoms with E-state index in [-0.39, 0.29) is 11.8 Å². The quantitative estimate of drug-likeness (QED) is 0.619. The van der Waals surface area contributed by atoms with Crippen LogP contribution in [0, 0.1) is 5.92 Å². The van der Waals surface area contributed by atoms with Crippen molar-refractivity contribution in [2.75, 3.05) is 31.7 Å². The predicted molar refractivity (Wildman–Crippen MR) is 107 cm³/mol. The number of rotatable bonds is 8. The van der Waals surface area contributed by atoms with Gasteiger partial charge in [-0.1, -0.05) is 0 Å². The lowest BCUT2D eigenvalue weighted by molar-refractivity contribution is -0.122. The third-order valence-corrected chi connectivity index (χ3v) is 5.22. The van der Waals surface area contributed by atoms with Crippen LogP contribution < -0.4 is 10.2 Å². The molecule has 1 amide bonds. The number of carbonyl (C=O) groups excluding carboxylic acids is 1. The van der Waals surface area contributed by atoms with Crippen molar-refractivity contribution in [3.05, 3.63) is 36.5 Å². The average Bonchev–Trinajstić information content (AvgIpc) is 3.37. The van der Waals surface area contributed by atoms with Crippen LogP contribution in [0.15, 0.2) is 35.3 Å². The molecule has 9 heteroatoms. The van der Waals surface area contributed by atoms with Gasteiger partial charge in [-0.3, -0.25) is 4.79 Å². The van der Waals surface area contributed by atoms with Crippen molar-refractivity contribution < 1.29 is 13.9 Å². The van der Waals surface area contributed by atoms with E-state index in [0.29, 0.717) is 36.8 Å². The summed E-state index contributed by atoms with van der Waals surface area (Å²) in [6.07, 6.45) is 7.76. The number of pyridine rings is 1. The summed E-state index contributed by atoms with van der Waals surface area (Å²) in [6, 6.07) is 4.29. The standard InChI is InChI=1S/C20H26N6O3/c1-28-9-8-26-14-21-11-16(26)12-23-18(27)10-15-4-3-7-25(13-15)20-24-19-17(29-20)5-2-6-22-19/h2,5-6,11,14-15H,3-4,7-10,12-13H2,1H3,(H,23,27). The Labute approximate surface area is 169 Å². The van der Waals surface area contributed by atoms with Gasteiger partial charge in [0.1, 0.15) is 0 Å². The highest BCUT2D eigenvalue weighted by Gasteiger charge is 2.25. The van der Waals surface area contributed by atoms with Gasteiger partial charge in [-0.25, -0.2) is 9.97 Å². The number of nitrogens with one attached hydrogen (secondary N) is 1. The molecule has 0 radical (unpaired) electrons. The summed E-state index contributed by atoms with van der Waals surface area (Å²) in [5, 5.41) is 3.02. The molecule has 154 valence electrons. The number of methoxy groups -OCH3 is 1. The molecule has 0 aromatic carbocycles. The highest BCUT2D eigenvalue weighted by molar-refractivity contribution is 5.76. The summed E-state index contributed by atoms with van der Waals surface area (Å²) < 4.78 is 12.9. The fraction of sp³-hybridized carbons (Fsp3) is 0.500. The van der Waals surface area contributed by atoms with Gasteiger partial charge in [-0.2, -0.15) is 4.98 Å². The van der Waals surface area contributed by atoms with E-state index in [0.717, 1.165) is 38.2 Å². The molecule has 4 rings (SSSR count). The summed E-state index contributed by atoms with van der Waals surface area (Å²) in [7, 11) is 1.67. The van der Waals surface area contributed by atoms with Crippen LogP contribution in [0.4, 0.5) is 6.01 Å². The molecule has 3 aromatic rings. The Morgan fingerprint density at radius 2 is 2.38 bits per heavy atom. The second-order valence-electron chi connectivity index (χ2n) is 7.33. The highest BCUT2D eigenvalue weighted by atomic mass is 16.5. The average molecular weight is 398 g/mol. The molecule has 0 aliphatic carbocycles. The van der Waals surface area contributed by atoms with Crippen molar-refractivity contribution in [3.8, 4) is 0 Å². The molecule has 4 heterocycles. The van der Waals surface area contributed by atoms with Gasteiger partial charge in [0.2, 0.25) is 11.6 Å². The number of anilines is 1. The number of aromatic nitrogens is 4. The second-order valence-corrected chi connectivity index (χ2v) is 7.33. The number of fused-ring (bicyclic) bond motifs is 1. The Bertz CT molecular complexity index is 920. The Hall–Kier alpha value is -2.94. The highest BCUT2D eigenvalue weighted by Crippen LogP contribution is 2.26. The summed E-state index contributed by atoms with van der Waals surface area (Å²) >= 11 is 0. The van der Waals surface area contributed by atoms with Crippen LogP contribution in [0.25, 0.3) is 11.2 Å². The number of oxazole rings is 1. The lowest BCUT2D eigenvalue weighted by Crippen LogP contribution is -2.38. The van der Waals surface area contributed by atoms with Crippen molar-refractivity contribution >= 4 is 23.2 Å². The smallest absolute Gasteiger partial charge is 0.299 e. The van der Waals surface area contributed by atoms with Gasteiger partial charge in [0.15, 0.2) is 5.58 Å².